The van der Waals surface area contributed by atoms with Crippen LogP contribution in [-0.4, -0.2) is 22.6 Å². The monoisotopic (exact) mass is 228 g/mol. The summed E-state index contributed by atoms with van der Waals surface area (Å²) in [6, 6.07) is 1.21. The summed E-state index contributed by atoms with van der Waals surface area (Å²) < 4.78 is 29.1. The summed E-state index contributed by atoms with van der Waals surface area (Å²) in [7, 11) is -3.73. The highest BCUT2D eigenvalue weighted by Gasteiger charge is 2.20. The van der Waals surface area contributed by atoms with Crippen molar-refractivity contribution in [1.29, 1.82) is 0 Å². The lowest BCUT2D eigenvalue weighted by molar-refractivity contribution is 0.564. The number of hydrogen-bond acceptors (Lipinski definition) is 6. The lowest BCUT2D eigenvalue weighted by Gasteiger charge is -1.97. The summed E-state index contributed by atoms with van der Waals surface area (Å²) in [5.41, 5.74) is 5.28. The van der Waals surface area contributed by atoms with Crippen molar-refractivity contribution in [2.24, 2.45) is 0 Å². The van der Waals surface area contributed by atoms with Crippen LogP contribution in [0.2, 0.25) is 0 Å². The number of nitrogen functional groups attached to an aromatic ring is 1. The van der Waals surface area contributed by atoms with E-state index >= 15 is 0 Å². The minimum absolute atomic E-state index is 0.0328. The molecule has 2 aromatic rings. The van der Waals surface area contributed by atoms with Crippen molar-refractivity contribution in [2.75, 3.05) is 5.73 Å². The van der Waals surface area contributed by atoms with Gasteiger partial charge in [0.05, 0.1) is 0 Å². The number of nitrogens with two attached hydrogens (primary N) is 1. The molecule has 0 radical (unpaired) electrons. The number of rotatable bonds is 2. The second-order valence-electron chi connectivity index (χ2n) is 2.85. The van der Waals surface area contributed by atoms with Gasteiger partial charge in [-0.3, -0.25) is 0 Å². The van der Waals surface area contributed by atoms with Gasteiger partial charge in [-0.2, -0.15) is 8.42 Å². The Morgan fingerprint density at radius 3 is 2.73 bits per heavy atom. The molecule has 15 heavy (non-hydrogen) atoms. The van der Waals surface area contributed by atoms with Crippen LogP contribution in [-0.2, 0) is 10.0 Å². The average molecular weight is 228 g/mol. The van der Waals surface area contributed by atoms with Crippen molar-refractivity contribution in [1.82, 2.24) is 14.2 Å². The molecule has 0 bridgehead atoms. The number of hydrogen-bond donors (Lipinski definition) is 1. The minimum Gasteiger partial charge on any atom is -0.448 e. The third-order valence-corrected chi connectivity index (χ3v) is 3.20. The highest BCUT2D eigenvalue weighted by molar-refractivity contribution is 7.89. The summed E-state index contributed by atoms with van der Waals surface area (Å²) in [5, 5.41) is 3.70. The molecule has 0 aliphatic heterocycles. The van der Waals surface area contributed by atoms with Crippen LogP contribution in [0.4, 0.5) is 5.88 Å². The molecule has 0 saturated carbocycles. The minimum atomic E-state index is -3.73. The van der Waals surface area contributed by atoms with Gasteiger partial charge in [0.15, 0.2) is 5.88 Å². The fourth-order valence-electron chi connectivity index (χ4n) is 1.02. The van der Waals surface area contributed by atoms with Gasteiger partial charge >= 0.3 is 0 Å². The van der Waals surface area contributed by atoms with Gasteiger partial charge in [0.2, 0.25) is 0 Å². The first-order chi connectivity index (χ1) is 7.00. The van der Waals surface area contributed by atoms with E-state index in [1.54, 1.807) is 6.92 Å². The molecule has 0 fully saturated rings. The van der Waals surface area contributed by atoms with Gasteiger partial charge in [-0.15, -0.1) is 9.19 Å². The third kappa shape index (κ3) is 1.59. The number of nitrogens with zero attached hydrogens (tertiary/aromatic N) is 3. The van der Waals surface area contributed by atoms with Gasteiger partial charge in [0, 0.05) is 6.07 Å². The SMILES string of the molecule is Cc1ncn(S(=O)(=O)c2coc(N)c2)n1. The fourth-order valence-corrected chi connectivity index (χ4v) is 2.07. The van der Waals surface area contributed by atoms with E-state index in [-0.39, 0.29) is 10.8 Å². The van der Waals surface area contributed by atoms with Crippen LogP contribution in [0.15, 0.2) is 28.0 Å². The smallest absolute Gasteiger partial charge is 0.287 e. The Morgan fingerprint density at radius 2 is 2.27 bits per heavy atom. The van der Waals surface area contributed by atoms with Gasteiger partial charge in [0.25, 0.3) is 10.0 Å². The van der Waals surface area contributed by atoms with E-state index in [0.29, 0.717) is 5.82 Å². The first-order valence-corrected chi connectivity index (χ1v) is 5.42. The van der Waals surface area contributed by atoms with E-state index in [9.17, 15) is 8.42 Å². The van der Waals surface area contributed by atoms with Gasteiger partial charge < -0.3 is 10.2 Å². The largest absolute Gasteiger partial charge is 0.448 e. The van der Waals surface area contributed by atoms with E-state index in [4.69, 9.17) is 10.2 Å². The van der Waals surface area contributed by atoms with Gasteiger partial charge in [-0.05, 0) is 6.92 Å². The standard InChI is InChI=1S/C7H8N4O3S/c1-5-9-4-11(10-5)15(12,13)6-2-7(8)14-3-6/h2-4H,8H2,1H3. The third-order valence-electron chi connectivity index (χ3n) is 1.73. The first-order valence-electron chi connectivity index (χ1n) is 3.98. The fraction of sp³-hybridized carbons (Fsp3) is 0.143. The van der Waals surface area contributed by atoms with Crippen molar-refractivity contribution in [3.8, 4) is 0 Å². The zero-order chi connectivity index (χ0) is 11.1. The normalized spacial score (nSPS) is 11.8. The van der Waals surface area contributed by atoms with Crippen LogP contribution >= 0.6 is 0 Å². The highest BCUT2D eigenvalue weighted by atomic mass is 32.2. The zero-order valence-electron chi connectivity index (χ0n) is 7.78. The maximum Gasteiger partial charge on any atom is 0.287 e. The summed E-state index contributed by atoms with van der Waals surface area (Å²) in [4.78, 5) is 3.68. The molecule has 2 N–H and O–H groups in total. The maximum atomic E-state index is 11.8. The molecule has 7 nitrogen and oxygen atoms in total. The predicted octanol–water partition coefficient (Wildman–Crippen LogP) is -0.00128. The second-order valence-corrected chi connectivity index (χ2v) is 4.65. The Bertz CT molecular complexity index is 537. The average Bonchev–Trinajstić information content (AvgIpc) is 2.74. The Morgan fingerprint density at radius 1 is 1.53 bits per heavy atom. The molecule has 0 aliphatic rings. The summed E-state index contributed by atoms with van der Waals surface area (Å²) in [6.45, 7) is 1.59. The molecular formula is C7H8N4O3S. The van der Waals surface area contributed by atoms with Crippen LogP contribution in [0, 0.1) is 6.92 Å². The maximum absolute atomic E-state index is 11.8. The van der Waals surface area contributed by atoms with Crippen LogP contribution in [0.25, 0.3) is 0 Å². The van der Waals surface area contributed by atoms with E-state index in [1.807, 2.05) is 0 Å². The second kappa shape index (κ2) is 3.09. The molecule has 80 valence electrons. The first kappa shape index (κ1) is 9.71. The van der Waals surface area contributed by atoms with Crippen molar-refractivity contribution in [2.45, 2.75) is 11.8 Å². The molecular weight excluding hydrogens is 220 g/mol. The molecule has 0 atom stereocenters. The Kier molecular flexibility index (Phi) is 2.00. The molecule has 8 heteroatoms. The van der Waals surface area contributed by atoms with Gasteiger partial charge in [0.1, 0.15) is 23.3 Å². The Labute approximate surface area is 85.6 Å². The molecule has 0 saturated heterocycles. The van der Waals surface area contributed by atoms with Crippen molar-refractivity contribution in [3.63, 3.8) is 0 Å². The van der Waals surface area contributed by atoms with Crippen molar-refractivity contribution >= 4 is 15.9 Å². The molecule has 2 heterocycles. The molecule has 2 aromatic heterocycles. The Balaban J connectivity index is 2.53. The number of anilines is 1. The Hall–Kier alpha value is -1.83. The summed E-state index contributed by atoms with van der Waals surface area (Å²) in [5.74, 6) is 0.403. The summed E-state index contributed by atoms with van der Waals surface area (Å²) >= 11 is 0. The molecule has 0 aliphatic carbocycles. The quantitative estimate of drug-likeness (QED) is 0.775. The van der Waals surface area contributed by atoms with Crippen LogP contribution in [0.1, 0.15) is 5.82 Å². The zero-order valence-corrected chi connectivity index (χ0v) is 8.60. The topological polar surface area (TPSA) is 104 Å². The van der Waals surface area contributed by atoms with Crippen LogP contribution < -0.4 is 5.73 Å². The van der Waals surface area contributed by atoms with E-state index < -0.39 is 10.0 Å². The lowest BCUT2D eigenvalue weighted by atomic mass is 10.6. The predicted molar refractivity (Wildman–Crippen MR) is 50.5 cm³/mol. The molecule has 0 spiro atoms. The van der Waals surface area contributed by atoms with Gasteiger partial charge in [-0.25, -0.2) is 4.98 Å². The number of furan rings is 1. The molecule has 2 rings (SSSR count). The number of aromatic nitrogens is 3. The molecule has 0 unspecified atom stereocenters. The highest BCUT2D eigenvalue weighted by Crippen LogP contribution is 2.17. The molecule has 0 aromatic carbocycles. The van der Waals surface area contributed by atoms with Crippen LogP contribution in [0.3, 0.4) is 0 Å². The molecule has 0 amide bonds. The summed E-state index contributed by atoms with van der Waals surface area (Å²) in [6.07, 6.45) is 2.18. The lowest BCUT2D eigenvalue weighted by Crippen LogP contribution is -2.12. The van der Waals surface area contributed by atoms with Crippen LogP contribution in [0.5, 0.6) is 0 Å². The van der Waals surface area contributed by atoms with Crippen molar-refractivity contribution < 1.29 is 12.8 Å². The van der Waals surface area contributed by atoms with Gasteiger partial charge in [-0.1, -0.05) is 0 Å². The van der Waals surface area contributed by atoms with Crippen molar-refractivity contribution in [3.05, 3.63) is 24.5 Å². The van der Waals surface area contributed by atoms with E-state index in [0.717, 1.165) is 16.7 Å². The van der Waals surface area contributed by atoms with E-state index in [1.165, 1.54) is 6.07 Å². The van der Waals surface area contributed by atoms with E-state index in [2.05, 4.69) is 10.1 Å². The number of aryl methyl sites for hydroxylation is 1.